The van der Waals surface area contributed by atoms with Crippen molar-refractivity contribution in [3.8, 4) is 6.07 Å². The molecule has 0 saturated heterocycles. The Morgan fingerprint density at radius 3 is 2.52 bits per heavy atom. The third kappa shape index (κ3) is 3.32. The fourth-order valence-corrected chi connectivity index (χ4v) is 4.30. The molecule has 2 atom stereocenters. The summed E-state index contributed by atoms with van der Waals surface area (Å²) in [6.07, 6.45) is 1.01. The van der Waals surface area contributed by atoms with E-state index in [0.717, 1.165) is 11.3 Å². The summed E-state index contributed by atoms with van der Waals surface area (Å²) >= 11 is 0. The van der Waals surface area contributed by atoms with Gasteiger partial charge in [-0.2, -0.15) is 5.26 Å². The van der Waals surface area contributed by atoms with Gasteiger partial charge in [0.05, 0.1) is 22.5 Å². The number of benzene rings is 2. The Labute approximate surface area is 168 Å². The number of carbonyl (C=O) groups is 1. The minimum atomic E-state index is -0.583. The molecule has 2 aliphatic rings. The third-order valence-electron chi connectivity index (χ3n) is 5.63. The Morgan fingerprint density at radius 2 is 1.83 bits per heavy atom. The predicted octanol–water partition coefficient (Wildman–Crippen LogP) is 4.48. The highest BCUT2D eigenvalue weighted by atomic mass is 16.6. The van der Waals surface area contributed by atoms with E-state index >= 15 is 0 Å². The van der Waals surface area contributed by atoms with Gasteiger partial charge in [-0.1, -0.05) is 42.5 Å². The van der Waals surface area contributed by atoms with Gasteiger partial charge in [-0.25, -0.2) is 0 Å². The highest BCUT2D eigenvalue weighted by molar-refractivity contribution is 6.00. The summed E-state index contributed by atoms with van der Waals surface area (Å²) in [7, 11) is 0. The topological polar surface area (TPSA) is 96.0 Å². The van der Waals surface area contributed by atoms with Gasteiger partial charge in [0.25, 0.3) is 5.69 Å². The first-order valence-corrected chi connectivity index (χ1v) is 9.43. The molecule has 1 heterocycles. The first-order valence-electron chi connectivity index (χ1n) is 9.43. The lowest BCUT2D eigenvalue weighted by atomic mass is 9.72. The van der Waals surface area contributed by atoms with Crippen molar-refractivity contribution in [3.05, 3.63) is 98.4 Å². The Bertz CT molecular complexity index is 1110. The Morgan fingerprint density at radius 1 is 1.10 bits per heavy atom. The van der Waals surface area contributed by atoms with Crippen LogP contribution in [0.1, 0.15) is 42.7 Å². The summed E-state index contributed by atoms with van der Waals surface area (Å²) in [5.41, 5.74) is 4.12. The summed E-state index contributed by atoms with van der Waals surface area (Å²) in [5.74, 6) is -0.540. The lowest BCUT2D eigenvalue weighted by Gasteiger charge is -2.35. The molecular formula is C23H19N3O3. The predicted molar refractivity (Wildman–Crippen MR) is 108 cm³/mol. The van der Waals surface area contributed by atoms with Crippen molar-refractivity contribution in [2.45, 2.75) is 31.6 Å². The summed E-state index contributed by atoms with van der Waals surface area (Å²) in [6.45, 7) is 1.81. The van der Waals surface area contributed by atoms with E-state index in [1.807, 2.05) is 37.3 Å². The molecule has 0 amide bonds. The Hall–Kier alpha value is -3.72. The molecule has 0 radical (unpaired) electrons. The van der Waals surface area contributed by atoms with E-state index in [-0.39, 0.29) is 17.4 Å². The molecule has 0 spiro atoms. The number of nitrogens with zero attached hydrogens (tertiary/aromatic N) is 2. The van der Waals surface area contributed by atoms with Gasteiger partial charge in [0.2, 0.25) is 0 Å². The molecule has 1 aliphatic heterocycles. The van der Waals surface area contributed by atoms with Gasteiger partial charge in [-0.3, -0.25) is 14.9 Å². The molecule has 0 bridgehead atoms. The maximum absolute atomic E-state index is 13.2. The number of nitriles is 1. The number of nitrogens with one attached hydrogen (secondary N) is 1. The fraction of sp³-hybridized carbons (Fsp3) is 0.217. The average molecular weight is 385 g/mol. The lowest BCUT2D eigenvalue weighted by Crippen LogP contribution is -2.33. The molecule has 4 rings (SSSR count). The standard InChI is InChI=1S/C23H19N3O3/c1-14-19(13-24)22(16-8-5-9-18(10-16)26(28)29)23-20(25-14)11-17(12-21(23)27)15-6-3-2-4-7-15/h2-10,17,22,25H,11-12H2,1H3/t17-,22-/m0/s1. The van der Waals surface area contributed by atoms with E-state index in [9.17, 15) is 20.2 Å². The molecule has 6 nitrogen and oxygen atoms in total. The van der Waals surface area contributed by atoms with Crippen LogP contribution in [0, 0.1) is 21.4 Å². The zero-order valence-electron chi connectivity index (χ0n) is 15.9. The Balaban J connectivity index is 1.81. The maximum Gasteiger partial charge on any atom is 0.269 e. The van der Waals surface area contributed by atoms with Gasteiger partial charge in [0.15, 0.2) is 5.78 Å². The normalized spacial score (nSPS) is 21.3. The number of nitro benzene ring substituents is 1. The number of rotatable bonds is 3. The molecule has 1 aliphatic carbocycles. The average Bonchev–Trinajstić information content (AvgIpc) is 2.73. The second-order valence-corrected chi connectivity index (χ2v) is 7.39. The van der Waals surface area contributed by atoms with Crippen molar-refractivity contribution < 1.29 is 9.72 Å². The molecule has 0 aromatic heterocycles. The van der Waals surface area contributed by atoms with Crippen molar-refractivity contribution in [2.24, 2.45) is 0 Å². The second kappa shape index (κ2) is 7.36. The van der Waals surface area contributed by atoms with Gasteiger partial charge in [-0.15, -0.1) is 0 Å². The summed E-state index contributed by atoms with van der Waals surface area (Å²) in [6, 6.07) is 18.3. The SMILES string of the molecule is CC1=C(C#N)[C@H](c2cccc([N+](=O)[O-])c2)C2=C(C[C@H](c3ccccc3)CC2=O)N1. The minimum Gasteiger partial charge on any atom is -0.361 e. The van der Waals surface area contributed by atoms with Gasteiger partial charge < -0.3 is 5.32 Å². The van der Waals surface area contributed by atoms with Crippen molar-refractivity contribution in [1.29, 1.82) is 5.26 Å². The number of non-ortho nitro benzene ring substituents is 1. The highest BCUT2D eigenvalue weighted by Gasteiger charge is 2.39. The van der Waals surface area contributed by atoms with Crippen LogP contribution >= 0.6 is 0 Å². The van der Waals surface area contributed by atoms with Crippen LogP contribution in [0.25, 0.3) is 0 Å². The van der Waals surface area contributed by atoms with E-state index in [0.29, 0.717) is 35.2 Å². The number of allylic oxidation sites excluding steroid dienone is 4. The number of Topliss-reactive ketones (excluding diaryl/α,β-unsaturated/α-hetero) is 1. The summed E-state index contributed by atoms with van der Waals surface area (Å²) in [5, 5.41) is 24.3. The maximum atomic E-state index is 13.2. The molecule has 144 valence electrons. The molecule has 6 heteroatoms. The van der Waals surface area contributed by atoms with Gasteiger partial charge in [-0.05, 0) is 30.4 Å². The van der Waals surface area contributed by atoms with Crippen molar-refractivity contribution in [2.75, 3.05) is 0 Å². The van der Waals surface area contributed by atoms with E-state index in [4.69, 9.17) is 0 Å². The van der Waals surface area contributed by atoms with Gasteiger partial charge in [0, 0.05) is 35.5 Å². The van der Waals surface area contributed by atoms with Crippen molar-refractivity contribution in [1.82, 2.24) is 5.32 Å². The van der Waals surface area contributed by atoms with Crippen LogP contribution in [-0.4, -0.2) is 10.7 Å². The van der Waals surface area contributed by atoms with E-state index < -0.39 is 10.8 Å². The first-order chi connectivity index (χ1) is 14.0. The molecule has 2 aromatic rings. The number of hydrogen-bond donors (Lipinski definition) is 1. The van der Waals surface area contributed by atoms with Crippen LogP contribution in [0.4, 0.5) is 5.69 Å². The first kappa shape index (κ1) is 18.6. The fourth-order valence-electron chi connectivity index (χ4n) is 4.30. The quantitative estimate of drug-likeness (QED) is 0.621. The molecule has 0 unspecified atom stereocenters. The van der Waals surface area contributed by atoms with Gasteiger partial charge in [0.1, 0.15) is 0 Å². The van der Waals surface area contributed by atoms with Crippen molar-refractivity contribution in [3.63, 3.8) is 0 Å². The molecule has 1 N–H and O–H groups in total. The van der Waals surface area contributed by atoms with Crippen LogP contribution < -0.4 is 5.32 Å². The van der Waals surface area contributed by atoms with Crippen LogP contribution in [0.15, 0.2) is 77.1 Å². The molecule has 0 fully saturated rings. The Kier molecular flexibility index (Phi) is 4.73. The van der Waals surface area contributed by atoms with Crippen LogP contribution in [0.3, 0.4) is 0 Å². The number of ketones is 1. The number of nitro groups is 1. The second-order valence-electron chi connectivity index (χ2n) is 7.39. The van der Waals surface area contributed by atoms with Crippen LogP contribution in [0.5, 0.6) is 0 Å². The summed E-state index contributed by atoms with van der Waals surface area (Å²) < 4.78 is 0. The molecule has 0 saturated carbocycles. The smallest absolute Gasteiger partial charge is 0.269 e. The number of dihydropyridines is 1. The zero-order chi connectivity index (χ0) is 20.5. The van der Waals surface area contributed by atoms with E-state index in [2.05, 4.69) is 11.4 Å². The molecular weight excluding hydrogens is 366 g/mol. The van der Waals surface area contributed by atoms with Gasteiger partial charge >= 0.3 is 0 Å². The number of hydrogen-bond acceptors (Lipinski definition) is 5. The minimum absolute atomic E-state index is 0.0237. The highest BCUT2D eigenvalue weighted by Crippen LogP contribution is 2.45. The molecule has 2 aromatic carbocycles. The summed E-state index contributed by atoms with van der Waals surface area (Å²) in [4.78, 5) is 24.0. The third-order valence-corrected chi connectivity index (χ3v) is 5.63. The van der Waals surface area contributed by atoms with E-state index in [1.54, 1.807) is 12.1 Å². The number of carbonyl (C=O) groups excluding carboxylic acids is 1. The monoisotopic (exact) mass is 385 g/mol. The molecule has 29 heavy (non-hydrogen) atoms. The van der Waals surface area contributed by atoms with Crippen LogP contribution in [-0.2, 0) is 4.79 Å². The largest absolute Gasteiger partial charge is 0.361 e. The van der Waals surface area contributed by atoms with Crippen LogP contribution in [0.2, 0.25) is 0 Å². The van der Waals surface area contributed by atoms with Crippen molar-refractivity contribution >= 4 is 11.5 Å². The van der Waals surface area contributed by atoms with E-state index in [1.165, 1.54) is 12.1 Å². The zero-order valence-corrected chi connectivity index (χ0v) is 15.9. The lowest BCUT2D eigenvalue weighted by molar-refractivity contribution is -0.384.